The molecule has 0 atom stereocenters. The molecule has 1 aromatic carbocycles. The predicted octanol–water partition coefficient (Wildman–Crippen LogP) is 1.32. The van der Waals surface area contributed by atoms with Crippen LogP contribution in [-0.4, -0.2) is 12.8 Å². The van der Waals surface area contributed by atoms with Gasteiger partial charge in [0.2, 0.25) is 0 Å². The van der Waals surface area contributed by atoms with Crippen molar-refractivity contribution in [2.24, 2.45) is 5.73 Å². The first-order valence-electron chi connectivity index (χ1n) is 4.19. The summed E-state index contributed by atoms with van der Waals surface area (Å²) in [5.41, 5.74) is 5.74. The summed E-state index contributed by atoms with van der Waals surface area (Å²) >= 11 is 0. The number of rotatable bonds is 0. The van der Waals surface area contributed by atoms with E-state index in [1.165, 1.54) is 12.1 Å². The quantitative estimate of drug-likeness (QED) is 0.658. The first kappa shape index (κ1) is 9.74. The van der Waals surface area contributed by atoms with E-state index in [0.717, 1.165) is 0 Å². The molecule has 3 nitrogen and oxygen atoms in total. The molecule has 1 aromatic rings. The third-order valence-electron chi connectivity index (χ3n) is 1.74. The second kappa shape index (κ2) is 3.41. The average Bonchev–Trinajstić information content (AvgIpc) is 2.47. The SMILES string of the molecule is NCC#Cc1ccc2c(c1)OC(F)(F)O2. The Morgan fingerprint density at radius 2 is 2.00 bits per heavy atom. The maximum Gasteiger partial charge on any atom is 0.586 e. The van der Waals surface area contributed by atoms with Gasteiger partial charge in [0.05, 0.1) is 6.54 Å². The van der Waals surface area contributed by atoms with Crippen LogP contribution in [0.15, 0.2) is 18.2 Å². The molecule has 0 aromatic heterocycles. The summed E-state index contributed by atoms with van der Waals surface area (Å²) in [5, 5.41) is 0. The van der Waals surface area contributed by atoms with Crippen LogP contribution in [0.5, 0.6) is 11.5 Å². The molecule has 0 amide bonds. The molecule has 15 heavy (non-hydrogen) atoms. The van der Waals surface area contributed by atoms with Gasteiger partial charge in [-0.25, -0.2) is 0 Å². The van der Waals surface area contributed by atoms with Crippen molar-refractivity contribution < 1.29 is 18.3 Å². The molecule has 1 aliphatic rings. The van der Waals surface area contributed by atoms with Crippen molar-refractivity contribution in [2.75, 3.05) is 6.54 Å². The van der Waals surface area contributed by atoms with Gasteiger partial charge in [-0.3, -0.25) is 0 Å². The standard InChI is InChI=1S/C10H7F2NO2/c11-10(12)14-8-4-3-7(2-1-5-13)6-9(8)15-10/h3-4,6H,5,13H2. The molecular weight excluding hydrogens is 204 g/mol. The Balaban J connectivity index is 2.30. The average molecular weight is 211 g/mol. The normalized spacial score (nSPS) is 15.7. The van der Waals surface area contributed by atoms with Gasteiger partial charge in [-0.05, 0) is 12.1 Å². The monoisotopic (exact) mass is 211 g/mol. The molecule has 1 heterocycles. The van der Waals surface area contributed by atoms with Gasteiger partial charge in [0, 0.05) is 11.6 Å². The molecule has 0 fully saturated rings. The molecule has 0 radical (unpaired) electrons. The van der Waals surface area contributed by atoms with Gasteiger partial charge in [-0.1, -0.05) is 11.8 Å². The Kier molecular flexibility index (Phi) is 2.21. The fourth-order valence-corrected chi connectivity index (χ4v) is 1.18. The van der Waals surface area contributed by atoms with E-state index in [1.54, 1.807) is 6.07 Å². The third kappa shape index (κ3) is 2.00. The summed E-state index contributed by atoms with van der Waals surface area (Å²) in [5.74, 6) is 5.32. The maximum atomic E-state index is 12.6. The maximum absolute atomic E-state index is 12.6. The fraction of sp³-hybridized carbons (Fsp3) is 0.200. The molecule has 2 N–H and O–H groups in total. The van der Waals surface area contributed by atoms with E-state index in [9.17, 15) is 8.78 Å². The Morgan fingerprint density at radius 1 is 1.27 bits per heavy atom. The number of ether oxygens (including phenoxy) is 2. The molecule has 0 saturated carbocycles. The molecule has 0 aliphatic carbocycles. The van der Waals surface area contributed by atoms with Gasteiger partial charge in [0.1, 0.15) is 0 Å². The minimum atomic E-state index is -3.58. The summed E-state index contributed by atoms with van der Waals surface area (Å²) in [6, 6.07) is 4.34. The first-order valence-corrected chi connectivity index (χ1v) is 4.19. The lowest BCUT2D eigenvalue weighted by molar-refractivity contribution is -0.286. The van der Waals surface area contributed by atoms with E-state index in [-0.39, 0.29) is 18.0 Å². The van der Waals surface area contributed by atoms with E-state index in [0.29, 0.717) is 5.56 Å². The van der Waals surface area contributed by atoms with Crippen molar-refractivity contribution in [3.05, 3.63) is 23.8 Å². The highest BCUT2D eigenvalue weighted by molar-refractivity contribution is 5.49. The fourth-order valence-electron chi connectivity index (χ4n) is 1.18. The van der Waals surface area contributed by atoms with Gasteiger partial charge in [-0.15, -0.1) is 8.78 Å². The molecule has 0 saturated heterocycles. The lowest BCUT2D eigenvalue weighted by Gasteiger charge is -2.04. The minimum absolute atomic E-state index is 0.0104. The van der Waals surface area contributed by atoms with Crippen molar-refractivity contribution in [3.8, 4) is 23.3 Å². The Labute approximate surface area is 84.8 Å². The Bertz CT molecular complexity index is 448. The number of hydrogen-bond acceptors (Lipinski definition) is 3. The molecule has 1 aliphatic heterocycles. The molecule has 0 bridgehead atoms. The van der Waals surface area contributed by atoms with Crippen LogP contribution in [0.4, 0.5) is 8.78 Å². The lowest BCUT2D eigenvalue weighted by atomic mass is 10.2. The topological polar surface area (TPSA) is 44.5 Å². The van der Waals surface area contributed by atoms with Crippen LogP contribution in [-0.2, 0) is 0 Å². The Hall–Kier alpha value is -1.80. The Morgan fingerprint density at radius 3 is 2.73 bits per heavy atom. The van der Waals surface area contributed by atoms with E-state index in [1.807, 2.05) is 0 Å². The second-order valence-electron chi connectivity index (χ2n) is 2.83. The van der Waals surface area contributed by atoms with Crippen molar-refractivity contribution in [3.63, 3.8) is 0 Å². The van der Waals surface area contributed by atoms with Gasteiger partial charge in [0.15, 0.2) is 11.5 Å². The van der Waals surface area contributed by atoms with Gasteiger partial charge < -0.3 is 15.2 Å². The highest BCUT2D eigenvalue weighted by Gasteiger charge is 2.43. The van der Waals surface area contributed by atoms with Crippen LogP contribution in [0.1, 0.15) is 5.56 Å². The largest absolute Gasteiger partial charge is 0.586 e. The number of nitrogens with two attached hydrogens (primary N) is 1. The first-order chi connectivity index (χ1) is 7.11. The second-order valence-corrected chi connectivity index (χ2v) is 2.83. The summed E-state index contributed by atoms with van der Waals surface area (Å²) in [7, 11) is 0. The molecule has 0 spiro atoms. The van der Waals surface area contributed by atoms with Crippen LogP contribution in [0, 0.1) is 11.8 Å². The van der Waals surface area contributed by atoms with Crippen LogP contribution >= 0.6 is 0 Å². The van der Waals surface area contributed by atoms with E-state index >= 15 is 0 Å². The summed E-state index contributed by atoms with van der Waals surface area (Å²) < 4.78 is 33.7. The molecule has 78 valence electrons. The van der Waals surface area contributed by atoms with Gasteiger partial charge in [-0.2, -0.15) is 0 Å². The van der Waals surface area contributed by atoms with Crippen LogP contribution < -0.4 is 15.2 Å². The zero-order valence-corrected chi connectivity index (χ0v) is 7.59. The van der Waals surface area contributed by atoms with E-state index in [4.69, 9.17) is 5.73 Å². The van der Waals surface area contributed by atoms with Crippen LogP contribution in [0.25, 0.3) is 0 Å². The van der Waals surface area contributed by atoms with Gasteiger partial charge >= 0.3 is 6.29 Å². The predicted molar refractivity (Wildman–Crippen MR) is 48.6 cm³/mol. The summed E-state index contributed by atoms with van der Waals surface area (Å²) in [6.45, 7) is 0.213. The van der Waals surface area contributed by atoms with Crippen molar-refractivity contribution in [1.29, 1.82) is 0 Å². The zero-order chi connectivity index (χ0) is 10.9. The molecule has 5 heteroatoms. The molecular formula is C10H7F2NO2. The van der Waals surface area contributed by atoms with Crippen molar-refractivity contribution >= 4 is 0 Å². The van der Waals surface area contributed by atoms with Crippen molar-refractivity contribution in [1.82, 2.24) is 0 Å². The van der Waals surface area contributed by atoms with Crippen molar-refractivity contribution in [2.45, 2.75) is 6.29 Å². The van der Waals surface area contributed by atoms with Crippen LogP contribution in [0.3, 0.4) is 0 Å². The molecule has 2 rings (SSSR count). The highest BCUT2D eigenvalue weighted by Crippen LogP contribution is 2.40. The van der Waals surface area contributed by atoms with E-state index in [2.05, 4.69) is 21.3 Å². The van der Waals surface area contributed by atoms with Gasteiger partial charge in [0.25, 0.3) is 0 Å². The minimum Gasteiger partial charge on any atom is -0.395 e. The molecule has 0 unspecified atom stereocenters. The number of halogens is 2. The number of benzene rings is 1. The van der Waals surface area contributed by atoms with Crippen LogP contribution in [0.2, 0.25) is 0 Å². The summed E-state index contributed by atoms with van der Waals surface area (Å²) in [4.78, 5) is 0. The third-order valence-corrected chi connectivity index (χ3v) is 1.74. The van der Waals surface area contributed by atoms with E-state index < -0.39 is 6.29 Å². The number of hydrogen-bond donors (Lipinski definition) is 1. The zero-order valence-electron chi connectivity index (χ0n) is 7.59. The smallest absolute Gasteiger partial charge is 0.395 e. The highest BCUT2D eigenvalue weighted by atomic mass is 19.3. The lowest BCUT2D eigenvalue weighted by Crippen LogP contribution is -2.25. The summed E-state index contributed by atoms with van der Waals surface area (Å²) in [6.07, 6.45) is -3.58. The number of alkyl halides is 2. The number of fused-ring (bicyclic) bond motifs is 1.